The number of carbonyl (C=O) groups excluding carboxylic acids is 1. The van der Waals surface area contributed by atoms with E-state index in [0.717, 1.165) is 10.4 Å². The summed E-state index contributed by atoms with van der Waals surface area (Å²) >= 11 is 1.34. The van der Waals surface area contributed by atoms with E-state index >= 15 is 0 Å². The molecular formula is C15H16O4S. The van der Waals surface area contributed by atoms with E-state index in [-0.39, 0.29) is 6.61 Å². The van der Waals surface area contributed by atoms with Crippen LogP contribution in [0.3, 0.4) is 0 Å². The number of thiophene rings is 1. The second-order valence-electron chi connectivity index (χ2n) is 4.21. The largest absolute Gasteiger partial charge is 0.464 e. The monoisotopic (exact) mass is 292 g/mol. The van der Waals surface area contributed by atoms with Gasteiger partial charge in [-0.1, -0.05) is 30.3 Å². The van der Waals surface area contributed by atoms with Gasteiger partial charge in [-0.2, -0.15) is 0 Å². The number of benzene rings is 1. The van der Waals surface area contributed by atoms with Crippen LogP contribution in [0.5, 0.6) is 0 Å². The zero-order valence-electron chi connectivity index (χ0n) is 11.0. The molecule has 4 nitrogen and oxygen atoms in total. The molecule has 0 saturated heterocycles. The van der Waals surface area contributed by atoms with Crippen molar-refractivity contribution < 1.29 is 19.7 Å². The van der Waals surface area contributed by atoms with Crippen LogP contribution in [-0.4, -0.2) is 28.9 Å². The van der Waals surface area contributed by atoms with Crippen LogP contribution in [0.4, 0.5) is 0 Å². The van der Waals surface area contributed by atoms with Gasteiger partial charge in [-0.15, -0.1) is 11.3 Å². The van der Waals surface area contributed by atoms with Crippen molar-refractivity contribution >= 4 is 17.3 Å². The molecule has 0 amide bonds. The molecule has 20 heavy (non-hydrogen) atoms. The number of ether oxygens (including phenoxy) is 1. The molecule has 2 aromatic rings. The molecule has 1 aromatic carbocycles. The van der Waals surface area contributed by atoms with Gasteiger partial charge in [0.15, 0.2) is 6.10 Å². The number of aliphatic hydroxyl groups excluding tert-OH is 2. The lowest BCUT2D eigenvalue weighted by molar-refractivity contribution is -0.159. The maximum Gasteiger partial charge on any atom is 0.338 e. The van der Waals surface area contributed by atoms with Crippen LogP contribution in [0.15, 0.2) is 42.5 Å². The highest BCUT2D eigenvalue weighted by molar-refractivity contribution is 7.15. The maximum atomic E-state index is 11.4. The van der Waals surface area contributed by atoms with Crippen LogP contribution in [-0.2, 0) is 9.53 Å². The molecule has 2 atom stereocenters. The van der Waals surface area contributed by atoms with E-state index in [2.05, 4.69) is 0 Å². The third-order valence-corrected chi connectivity index (χ3v) is 4.01. The molecule has 0 saturated carbocycles. The second-order valence-corrected chi connectivity index (χ2v) is 5.33. The lowest BCUT2D eigenvalue weighted by Gasteiger charge is -2.14. The van der Waals surface area contributed by atoms with Crippen molar-refractivity contribution in [3.8, 4) is 10.4 Å². The van der Waals surface area contributed by atoms with Crippen LogP contribution in [0.2, 0.25) is 0 Å². The highest BCUT2D eigenvalue weighted by atomic mass is 32.1. The molecule has 2 unspecified atom stereocenters. The van der Waals surface area contributed by atoms with Gasteiger partial charge in [-0.3, -0.25) is 0 Å². The van der Waals surface area contributed by atoms with Gasteiger partial charge in [0.05, 0.1) is 6.61 Å². The van der Waals surface area contributed by atoms with E-state index in [9.17, 15) is 15.0 Å². The Morgan fingerprint density at radius 3 is 2.55 bits per heavy atom. The molecule has 0 fully saturated rings. The fourth-order valence-corrected chi connectivity index (χ4v) is 2.81. The quantitative estimate of drug-likeness (QED) is 0.830. The molecule has 0 radical (unpaired) electrons. The van der Waals surface area contributed by atoms with Crippen LogP contribution in [0, 0.1) is 0 Å². The molecule has 0 aliphatic heterocycles. The average molecular weight is 292 g/mol. The third kappa shape index (κ3) is 3.25. The number of hydrogen-bond acceptors (Lipinski definition) is 5. The Balaban J connectivity index is 2.14. The van der Waals surface area contributed by atoms with Crippen LogP contribution in [0.1, 0.15) is 17.9 Å². The van der Waals surface area contributed by atoms with Gasteiger partial charge in [-0.05, 0) is 24.6 Å². The summed E-state index contributed by atoms with van der Waals surface area (Å²) in [6, 6.07) is 13.3. The molecule has 106 valence electrons. The van der Waals surface area contributed by atoms with Crippen LogP contribution < -0.4 is 0 Å². The molecule has 0 aliphatic carbocycles. The van der Waals surface area contributed by atoms with Crippen molar-refractivity contribution in [2.24, 2.45) is 0 Å². The van der Waals surface area contributed by atoms with E-state index in [1.165, 1.54) is 11.3 Å². The van der Waals surface area contributed by atoms with Crippen LogP contribution >= 0.6 is 11.3 Å². The fourth-order valence-electron chi connectivity index (χ4n) is 1.78. The minimum Gasteiger partial charge on any atom is -0.464 e. The lowest BCUT2D eigenvalue weighted by atomic mass is 10.1. The smallest absolute Gasteiger partial charge is 0.338 e. The van der Waals surface area contributed by atoms with Crippen molar-refractivity contribution in [3.05, 3.63) is 47.3 Å². The SMILES string of the molecule is CCOC(=O)C(O)C(O)c1ccc(-c2ccccc2)s1. The van der Waals surface area contributed by atoms with Crippen molar-refractivity contribution in [2.45, 2.75) is 19.1 Å². The van der Waals surface area contributed by atoms with E-state index < -0.39 is 18.2 Å². The number of carbonyl (C=O) groups is 1. The Kier molecular flexibility index (Phi) is 4.89. The van der Waals surface area contributed by atoms with Crippen molar-refractivity contribution in [1.29, 1.82) is 0 Å². The van der Waals surface area contributed by atoms with E-state index in [4.69, 9.17) is 4.74 Å². The van der Waals surface area contributed by atoms with Crippen molar-refractivity contribution in [2.75, 3.05) is 6.61 Å². The van der Waals surface area contributed by atoms with E-state index in [1.54, 1.807) is 13.0 Å². The van der Waals surface area contributed by atoms with Gasteiger partial charge in [0.2, 0.25) is 0 Å². The minimum absolute atomic E-state index is 0.169. The summed E-state index contributed by atoms with van der Waals surface area (Å²) in [5.41, 5.74) is 1.03. The Morgan fingerprint density at radius 1 is 1.20 bits per heavy atom. The van der Waals surface area contributed by atoms with Gasteiger partial charge in [0, 0.05) is 9.75 Å². The van der Waals surface area contributed by atoms with Gasteiger partial charge in [0.25, 0.3) is 0 Å². The average Bonchev–Trinajstić information content (AvgIpc) is 2.96. The summed E-state index contributed by atoms with van der Waals surface area (Å²) in [6.07, 6.45) is -2.83. The van der Waals surface area contributed by atoms with Gasteiger partial charge >= 0.3 is 5.97 Å². The first-order valence-electron chi connectivity index (χ1n) is 6.31. The minimum atomic E-state index is -1.56. The molecule has 1 heterocycles. The Bertz CT molecular complexity index is 564. The summed E-state index contributed by atoms with van der Waals surface area (Å²) in [5, 5.41) is 19.7. The summed E-state index contributed by atoms with van der Waals surface area (Å²) in [5.74, 6) is -0.810. The lowest BCUT2D eigenvalue weighted by Crippen LogP contribution is -2.29. The molecule has 2 N–H and O–H groups in total. The normalized spacial score (nSPS) is 13.8. The zero-order valence-corrected chi connectivity index (χ0v) is 11.8. The first kappa shape index (κ1) is 14.7. The predicted molar refractivity (Wildman–Crippen MR) is 77.4 cm³/mol. The highest BCUT2D eigenvalue weighted by Gasteiger charge is 2.28. The maximum absolute atomic E-state index is 11.4. The molecular weight excluding hydrogens is 276 g/mol. The van der Waals surface area contributed by atoms with E-state index in [0.29, 0.717) is 4.88 Å². The zero-order chi connectivity index (χ0) is 14.5. The second kappa shape index (κ2) is 6.65. The summed E-state index contributed by atoms with van der Waals surface area (Å²) in [4.78, 5) is 12.9. The highest BCUT2D eigenvalue weighted by Crippen LogP contribution is 2.32. The van der Waals surface area contributed by atoms with Crippen molar-refractivity contribution in [1.82, 2.24) is 0 Å². The molecule has 0 bridgehead atoms. The first-order valence-corrected chi connectivity index (χ1v) is 7.13. The standard InChI is InChI=1S/C15H16O4S/c1-2-19-15(18)14(17)13(16)12-9-8-11(20-12)10-6-4-3-5-7-10/h3-9,13-14,16-17H,2H2,1H3. The number of esters is 1. The number of rotatable bonds is 5. The van der Waals surface area contributed by atoms with Gasteiger partial charge in [0.1, 0.15) is 6.10 Å². The number of aliphatic hydroxyl groups is 2. The Morgan fingerprint density at radius 2 is 1.90 bits per heavy atom. The molecule has 2 rings (SSSR count). The first-order chi connectivity index (χ1) is 9.63. The van der Waals surface area contributed by atoms with Crippen LogP contribution in [0.25, 0.3) is 10.4 Å². The molecule has 1 aromatic heterocycles. The molecule has 5 heteroatoms. The van der Waals surface area contributed by atoms with Crippen molar-refractivity contribution in [3.63, 3.8) is 0 Å². The fraction of sp³-hybridized carbons (Fsp3) is 0.267. The van der Waals surface area contributed by atoms with Gasteiger partial charge < -0.3 is 14.9 Å². The third-order valence-electron chi connectivity index (χ3n) is 2.80. The van der Waals surface area contributed by atoms with E-state index in [1.807, 2.05) is 36.4 Å². The summed E-state index contributed by atoms with van der Waals surface area (Å²) in [7, 11) is 0. The summed E-state index contributed by atoms with van der Waals surface area (Å²) in [6.45, 7) is 1.82. The predicted octanol–water partition coefficient (Wildman–Crippen LogP) is 2.37. The number of hydrogen-bond donors (Lipinski definition) is 2. The Hall–Kier alpha value is -1.69. The Labute approximate surface area is 121 Å². The molecule has 0 spiro atoms. The molecule has 0 aliphatic rings. The topological polar surface area (TPSA) is 66.8 Å². The summed E-state index contributed by atoms with van der Waals surface area (Å²) < 4.78 is 4.69. The van der Waals surface area contributed by atoms with Gasteiger partial charge in [-0.25, -0.2) is 4.79 Å².